The standard InChI is InChI=1S/C31H61ClO4S/c1-3-5-7-9-13-16-20-24-30(32)25-21-17-14-11-12-15-19-23-28-36-37(34,35)29-27-31(33)26-22-18-10-8-6-4-2/h30H,3-29H2,1-2H3. The molecule has 1 unspecified atom stereocenters. The summed E-state index contributed by atoms with van der Waals surface area (Å²) >= 11 is 6.49. The topological polar surface area (TPSA) is 60.4 Å². The van der Waals surface area contributed by atoms with E-state index < -0.39 is 10.1 Å². The average molecular weight is 565 g/mol. The molecule has 0 spiro atoms. The molecule has 0 bridgehead atoms. The van der Waals surface area contributed by atoms with Crippen LogP contribution in [0.1, 0.15) is 174 Å². The molecule has 0 saturated carbocycles. The van der Waals surface area contributed by atoms with E-state index in [1.54, 1.807) is 0 Å². The Morgan fingerprint density at radius 3 is 1.49 bits per heavy atom. The highest BCUT2D eigenvalue weighted by atomic mass is 35.5. The van der Waals surface area contributed by atoms with Crippen molar-refractivity contribution in [2.45, 2.75) is 180 Å². The van der Waals surface area contributed by atoms with E-state index in [9.17, 15) is 13.2 Å². The zero-order valence-electron chi connectivity index (χ0n) is 24.6. The number of halogens is 1. The van der Waals surface area contributed by atoms with Gasteiger partial charge >= 0.3 is 0 Å². The van der Waals surface area contributed by atoms with Crippen LogP contribution in [0.15, 0.2) is 0 Å². The van der Waals surface area contributed by atoms with Crippen molar-refractivity contribution in [2.24, 2.45) is 0 Å². The maximum absolute atomic E-state index is 12.0. The van der Waals surface area contributed by atoms with Crippen LogP contribution in [0.2, 0.25) is 0 Å². The Balaban J connectivity index is 3.46. The third kappa shape index (κ3) is 28.7. The lowest BCUT2D eigenvalue weighted by atomic mass is 10.0. The Labute approximate surface area is 236 Å². The molecular weight excluding hydrogens is 504 g/mol. The van der Waals surface area contributed by atoms with Gasteiger partial charge in [-0.1, -0.05) is 136 Å². The molecule has 4 nitrogen and oxygen atoms in total. The van der Waals surface area contributed by atoms with Gasteiger partial charge in [0.15, 0.2) is 0 Å². The van der Waals surface area contributed by atoms with Gasteiger partial charge in [-0.15, -0.1) is 11.6 Å². The van der Waals surface area contributed by atoms with E-state index in [-0.39, 0.29) is 24.6 Å². The minimum atomic E-state index is -3.58. The summed E-state index contributed by atoms with van der Waals surface area (Å²) in [4.78, 5) is 11.9. The Morgan fingerprint density at radius 2 is 1.00 bits per heavy atom. The average Bonchev–Trinajstić information content (AvgIpc) is 2.87. The van der Waals surface area contributed by atoms with Crippen LogP contribution in [0.4, 0.5) is 0 Å². The molecule has 0 amide bonds. The van der Waals surface area contributed by atoms with Crippen molar-refractivity contribution in [1.82, 2.24) is 0 Å². The second kappa shape index (κ2) is 27.4. The van der Waals surface area contributed by atoms with Crippen LogP contribution in [0.5, 0.6) is 0 Å². The number of hydrogen-bond acceptors (Lipinski definition) is 4. The quantitative estimate of drug-likeness (QED) is 0.0494. The smallest absolute Gasteiger partial charge is 0.267 e. The van der Waals surface area contributed by atoms with Crippen molar-refractivity contribution in [3.63, 3.8) is 0 Å². The number of Topliss-reactive ketones (excluding diaryl/α,β-unsaturated/α-hetero) is 1. The summed E-state index contributed by atoms with van der Waals surface area (Å²) in [5, 5.41) is 0.352. The van der Waals surface area contributed by atoms with Gasteiger partial charge in [-0.2, -0.15) is 8.42 Å². The first-order valence-corrected chi connectivity index (χ1v) is 18.0. The van der Waals surface area contributed by atoms with Gasteiger partial charge in [-0.25, -0.2) is 0 Å². The lowest BCUT2D eigenvalue weighted by molar-refractivity contribution is -0.118. The van der Waals surface area contributed by atoms with Crippen molar-refractivity contribution in [2.75, 3.05) is 12.4 Å². The normalized spacial score (nSPS) is 12.7. The van der Waals surface area contributed by atoms with E-state index in [2.05, 4.69) is 13.8 Å². The third-order valence-corrected chi connectivity index (χ3v) is 8.90. The summed E-state index contributed by atoms with van der Waals surface area (Å²) in [6, 6.07) is 0. The molecule has 0 N–H and O–H groups in total. The van der Waals surface area contributed by atoms with E-state index in [1.165, 1.54) is 103 Å². The van der Waals surface area contributed by atoms with Crippen molar-refractivity contribution >= 4 is 27.5 Å². The molecule has 0 rings (SSSR count). The van der Waals surface area contributed by atoms with Crippen LogP contribution in [-0.2, 0) is 19.1 Å². The number of alkyl halides is 1. The largest absolute Gasteiger partial charge is 0.300 e. The van der Waals surface area contributed by atoms with E-state index in [1.807, 2.05) is 0 Å². The summed E-state index contributed by atoms with van der Waals surface area (Å²) < 4.78 is 29.1. The van der Waals surface area contributed by atoms with Crippen LogP contribution >= 0.6 is 11.6 Å². The highest BCUT2D eigenvalue weighted by Crippen LogP contribution is 2.18. The Morgan fingerprint density at radius 1 is 0.595 bits per heavy atom. The van der Waals surface area contributed by atoms with Crippen molar-refractivity contribution in [1.29, 1.82) is 0 Å². The molecule has 0 fully saturated rings. The molecule has 0 aromatic rings. The maximum atomic E-state index is 12.0. The zero-order valence-corrected chi connectivity index (χ0v) is 26.2. The lowest BCUT2D eigenvalue weighted by Crippen LogP contribution is -2.14. The van der Waals surface area contributed by atoms with Gasteiger partial charge in [-0.05, 0) is 25.7 Å². The molecule has 222 valence electrons. The minimum Gasteiger partial charge on any atom is -0.300 e. The third-order valence-electron chi connectivity index (χ3n) is 7.24. The maximum Gasteiger partial charge on any atom is 0.267 e. The molecule has 37 heavy (non-hydrogen) atoms. The molecule has 0 heterocycles. The SMILES string of the molecule is CCCCCCCCCC(Cl)CCCCCCCCCCOS(=O)(=O)CCC(=O)CCCCCCCC. The fourth-order valence-electron chi connectivity index (χ4n) is 4.71. The van der Waals surface area contributed by atoms with Crippen LogP contribution in [0, 0.1) is 0 Å². The van der Waals surface area contributed by atoms with Crippen LogP contribution in [-0.4, -0.2) is 31.9 Å². The Kier molecular flexibility index (Phi) is 27.3. The first-order valence-electron chi connectivity index (χ1n) is 15.9. The van der Waals surface area contributed by atoms with E-state index in [4.69, 9.17) is 15.8 Å². The number of unbranched alkanes of at least 4 members (excludes halogenated alkanes) is 18. The molecule has 6 heteroatoms. The van der Waals surface area contributed by atoms with Crippen molar-refractivity contribution in [3.05, 3.63) is 0 Å². The van der Waals surface area contributed by atoms with Crippen molar-refractivity contribution in [3.8, 4) is 0 Å². The number of carbonyl (C=O) groups excluding carboxylic acids is 1. The van der Waals surface area contributed by atoms with Crippen LogP contribution < -0.4 is 0 Å². The molecule has 0 aliphatic carbocycles. The fraction of sp³-hybridized carbons (Fsp3) is 0.968. The monoisotopic (exact) mass is 564 g/mol. The first kappa shape index (κ1) is 36.9. The van der Waals surface area contributed by atoms with E-state index >= 15 is 0 Å². The summed E-state index contributed by atoms with van der Waals surface area (Å²) in [5.41, 5.74) is 0. The van der Waals surface area contributed by atoms with Crippen molar-refractivity contribution < 1.29 is 17.4 Å². The van der Waals surface area contributed by atoms with Gasteiger partial charge in [0.1, 0.15) is 5.78 Å². The van der Waals surface area contributed by atoms with E-state index in [0.29, 0.717) is 11.8 Å². The molecule has 0 aromatic heterocycles. The second-order valence-corrected chi connectivity index (χ2v) is 13.4. The Hall–Kier alpha value is -0.130. The predicted octanol–water partition coefficient (Wildman–Crippen LogP) is 10.3. The lowest BCUT2D eigenvalue weighted by Gasteiger charge is -2.09. The van der Waals surface area contributed by atoms with Crippen LogP contribution in [0.25, 0.3) is 0 Å². The summed E-state index contributed by atoms with van der Waals surface area (Å²) in [7, 11) is -3.58. The zero-order chi connectivity index (χ0) is 27.5. The van der Waals surface area contributed by atoms with Gasteiger partial charge in [0, 0.05) is 18.2 Å². The predicted molar refractivity (Wildman–Crippen MR) is 161 cm³/mol. The molecule has 1 atom stereocenters. The highest BCUT2D eigenvalue weighted by Gasteiger charge is 2.14. The van der Waals surface area contributed by atoms with Gasteiger partial charge in [0.2, 0.25) is 0 Å². The molecular formula is C31H61ClO4S. The summed E-state index contributed by atoms with van der Waals surface area (Å²) in [5.74, 6) is -0.137. The molecule has 0 saturated heterocycles. The summed E-state index contributed by atoms with van der Waals surface area (Å²) in [6.45, 7) is 4.69. The van der Waals surface area contributed by atoms with Gasteiger partial charge in [0.05, 0.1) is 12.4 Å². The van der Waals surface area contributed by atoms with Gasteiger partial charge in [-0.3, -0.25) is 8.98 Å². The number of carbonyl (C=O) groups is 1. The molecule has 0 aliphatic heterocycles. The second-order valence-electron chi connectivity index (χ2n) is 11.0. The summed E-state index contributed by atoms with van der Waals surface area (Å²) in [6.07, 6.45) is 28.2. The number of ketones is 1. The molecule has 0 aliphatic rings. The molecule has 0 aromatic carbocycles. The van der Waals surface area contributed by atoms with Gasteiger partial charge < -0.3 is 0 Å². The fourth-order valence-corrected chi connectivity index (χ4v) is 5.98. The number of rotatable bonds is 30. The van der Waals surface area contributed by atoms with E-state index in [0.717, 1.165) is 44.9 Å². The Bertz CT molecular complexity index is 594. The van der Waals surface area contributed by atoms with Crippen LogP contribution in [0.3, 0.4) is 0 Å². The minimum absolute atomic E-state index is 0.0393. The van der Waals surface area contributed by atoms with Gasteiger partial charge in [0.25, 0.3) is 10.1 Å². The highest BCUT2D eigenvalue weighted by molar-refractivity contribution is 7.86. The molecule has 0 radical (unpaired) electrons. The number of hydrogen-bond donors (Lipinski definition) is 0. The first-order chi connectivity index (χ1) is 17.9.